The number of hydrogen-bond acceptors (Lipinski definition) is 21. The Kier molecular flexibility index (Phi) is 15.1. The highest BCUT2D eigenvalue weighted by Crippen LogP contribution is 2.70. The highest BCUT2D eigenvalue weighted by molar-refractivity contribution is 5.85. The Hall–Kier alpha value is -2.00. The number of rotatable bonds is 11. The topological polar surface area (TPSA) is 314 Å². The van der Waals surface area contributed by atoms with Crippen LogP contribution in [0.5, 0.6) is 0 Å². The Morgan fingerprint density at radius 1 is 0.754 bits per heavy atom. The molecule has 4 saturated heterocycles. The van der Waals surface area contributed by atoms with Gasteiger partial charge in [0.15, 0.2) is 25.2 Å². The van der Waals surface area contributed by atoms with E-state index < -0.39 is 134 Å². The van der Waals surface area contributed by atoms with Gasteiger partial charge in [-0.15, -0.1) is 0 Å². The van der Waals surface area contributed by atoms with Gasteiger partial charge < -0.3 is 94.0 Å². The number of cyclic esters (lactones) is 1. The molecule has 5 heterocycles. The molecule has 0 radical (unpaired) electrons. The Bertz CT molecular complexity index is 1850. The molecule has 0 bridgehead atoms. The number of esters is 2. The van der Waals surface area contributed by atoms with Gasteiger partial charge in [-0.25, -0.2) is 4.79 Å². The van der Waals surface area contributed by atoms with Crippen molar-refractivity contribution < 1.29 is 97.8 Å². The summed E-state index contributed by atoms with van der Waals surface area (Å²) in [6.07, 6.45) is -12.8. The Balaban J connectivity index is 0.752. The fraction of sp³-hybridized carbons (Fsp3) is 0.917. The van der Waals surface area contributed by atoms with E-state index in [1.54, 1.807) is 19.9 Å². The molecule has 9 aliphatic rings. The third-order valence-corrected chi connectivity index (χ3v) is 18.2. The predicted octanol–water partition coefficient (Wildman–Crippen LogP) is -0.491. The van der Waals surface area contributed by atoms with E-state index in [0.29, 0.717) is 25.2 Å². The number of aliphatic hydroxyl groups is 8. The number of carbonyl (C=O) groups is 2. The van der Waals surface area contributed by atoms with Crippen LogP contribution in [0.3, 0.4) is 0 Å². The molecule has 69 heavy (non-hydrogen) atoms. The van der Waals surface area contributed by atoms with Crippen LogP contribution in [-0.4, -0.2) is 188 Å². The van der Waals surface area contributed by atoms with Crippen molar-refractivity contribution in [2.45, 2.75) is 228 Å². The number of hydrogen-bond donors (Lipinski definition) is 9. The van der Waals surface area contributed by atoms with Gasteiger partial charge >= 0.3 is 11.9 Å². The summed E-state index contributed by atoms with van der Waals surface area (Å²) < 4.78 is 59.4. The van der Waals surface area contributed by atoms with Gasteiger partial charge in [-0.05, 0) is 99.9 Å². The summed E-state index contributed by atoms with van der Waals surface area (Å²) in [5.41, 5.74) is 5.35. The van der Waals surface area contributed by atoms with Crippen molar-refractivity contribution >= 4 is 11.9 Å². The van der Waals surface area contributed by atoms with Crippen molar-refractivity contribution in [3.8, 4) is 0 Å². The summed E-state index contributed by atoms with van der Waals surface area (Å²) in [4.78, 5) is 24.2. The second-order valence-corrected chi connectivity index (χ2v) is 22.0. The van der Waals surface area contributed by atoms with E-state index in [0.717, 1.165) is 37.7 Å². The first-order valence-electron chi connectivity index (χ1n) is 25.1. The third-order valence-electron chi connectivity index (χ3n) is 18.2. The largest absolute Gasteiger partial charge is 0.459 e. The van der Waals surface area contributed by atoms with Crippen LogP contribution in [0.25, 0.3) is 0 Å². The molecule has 5 aliphatic heterocycles. The summed E-state index contributed by atoms with van der Waals surface area (Å²) >= 11 is 0. The quantitative estimate of drug-likeness (QED) is 0.0932. The van der Waals surface area contributed by atoms with Crippen LogP contribution in [0, 0.1) is 34.5 Å². The molecule has 9 rings (SSSR count). The van der Waals surface area contributed by atoms with Crippen molar-refractivity contribution in [1.29, 1.82) is 0 Å². The fourth-order valence-electron chi connectivity index (χ4n) is 14.4. The average Bonchev–Trinajstić information content (AvgIpc) is 3.84. The third kappa shape index (κ3) is 9.47. The molecule has 392 valence electrons. The molecule has 0 amide bonds. The highest BCUT2D eigenvalue weighted by atomic mass is 16.8. The molecular formula is C48H75NO20. The molecule has 0 aromatic heterocycles. The minimum atomic E-state index is -1.70. The molecule has 26 atom stereocenters. The molecule has 21 heteroatoms. The van der Waals surface area contributed by atoms with Gasteiger partial charge in [0.05, 0.1) is 48.8 Å². The van der Waals surface area contributed by atoms with Crippen molar-refractivity contribution in [2.24, 2.45) is 40.2 Å². The summed E-state index contributed by atoms with van der Waals surface area (Å²) in [5.74, 6) is -0.643. The zero-order chi connectivity index (χ0) is 49.5. The van der Waals surface area contributed by atoms with E-state index in [2.05, 4.69) is 6.92 Å². The van der Waals surface area contributed by atoms with Gasteiger partial charge in [-0.3, -0.25) is 4.79 Å². The van der Waals surface area contributed by atoms with Crippen molar-refractivity contribution in [3.05, 3.63) is 11.6 Å². The lowest BCUT2D eigenvalue weighted by atomic mass is 9.42. The molecule has 4 aliphatic carbocycles. The maximum atomic E-state index is 12.6. The summed E-state index contributed by atoms with van der Waals surface area (Å²) in [5, 5.41) is 87.9. The van der Waals surface area contributed by atoms with Crippen molar-refractivity contribution in [1.82, 2.24) is 0 Å². The van der Waals surface area contributed by atoms with Crippen LogP contribution in [0.4, 0.5) is 0 Å². The first-order chi connectivity index (χ1) is 32.6. The minimum Gasteiger partial charge on any atom is -0.459 e. The molecule has 0 aromatic carbocycles. The lowest BCUT2D eigenvalue weighted by Crippen LogP contribution is -2.67. The zero-order valence-electron chi connectivity index (χ0n) is 40.1. The number of ether oxygens (including phenoxy) is 10. The van der Waals surface area contributed by atoms with Gasteiger partial charge in [0, 0.05) is 37.7 Å². The smallest absolute Gasteiger partial charge is 0.331 e. The first-order valence-corrected chi connectivity index (χ1v) is 25.1. The summed E-state index contributed by atoms with van der Waals surface area (Å²) in [7, 11) is 0. The number of nitrogens with two attached hydrogens (primary N) is 1. The Morgan fingerprint density at radius 2 is 1.42 bits per heavy atom. The van der Waals surface area contributed by atoms with E-state index in [1.807, 2.05) is 6.92 Å². The van der Waals surface area contributed by atoms with Crippen LogP contribution in [0.15, 0.2) is 11.6 Å². The Labute approximate surface area is 401 Å². The number of aliphatic hydroxyl groups excluding tert-OH is 7. The van der Waals surface area contributed by atoms with E-state index in [4.69, 9.17) is 53.1 Å². The second kappa shape index (κ2) is 20.0. The second-order valence-electron chi connectivity index (χ2n) is 22.0. The number of carbonyl (C=O) groups excluding carboxylic acids is 2. The van der Waals surface area contributed by atoms with Crippen LogP contribution < -0.4 is 5.73 Å². The van der Waals surface area contributed by atoms with Gasteiger partial charge in [0.1, 0.15) is 61.7 Å². The van der Waals surface area contributed by atoms with Crippen LogP contribution in [-0.2, 0) is 57.0 Å². The van der Waals surface area contributed by atoms with Gasteiger partial charge in [0.25, 0.3) is 0 Å². The SMILES string of the molecule is CC(=O)O[C@H]1C[C@H](O[C@H]2[C@@H](O)C[C@H](O[C@H]3[C@@H](O)C[C@@H](O[C@H]4CC[C@@]5(C)[C@H](CC[C@@H]6[C@@H]5C[C@@H](O)[C@]5(C)[C@@H](C7=CC(=O)OC7)CC[C@]65O)C4)O[C@@H]3C)O[C@@H]2N)O[C@H](C)[C@H]1O[C@@H]1O[C@H](CO)[C@@H](O)[C@H](O)[C@H]1O. The van der Waals surface area contributed by atoms with E-state index in [-0.39, 0.29) is 61.1 Å². The lowest BCUT2D eigenvalue weighted by Gasteiger charge is -2.65. The van der Waals surface area contributed by atoms with E-state index in [9.17, 15) is 50.4 Å². The van der Waals surface area contributed by atoms with E-state index >= 15 is 0 Å². The molecule has 4 saturated carbocycles. The van der Waals surface area contributed by atoms with Crippen LogP contribution in [0.1, 0.15) is 105 Å². The van der Waals surface area contributed by atoms with Crippen LogP contribution in [0.2, 0.25) is 0 Å². The Morgan fingerprint density at radius 3 is 2.07 bits per heavy atom. The molecule has 0 spiro atoms. The lowest BCUT2D eigenvalue weighted by molar-refractivity contribution is -0.356. The first kappa shape index (κ1) is 51.9. The molecule has 8 fully saturated rings. The molecule has 0 aromatic rings. The van der Waals surface area contributed by atoms with E-state index in [1.165, 1.54) is 6.92 Å². The molecule has 21 nitrogen and oxygen atoms in total. The maximum absolute atomic E-state index is 12.6. The molecular weight excluding hydrogens is 911 g/mol. The number of fused-ring (bicyclic) bond motifs is 5. The maximum Gasteiger partial charge on any atom is 0.331 e. The molecule has 10 N–H and O–H groups in total. The summed E-state index contributed by atoms with van der Waals surface area (Å²) in [6, 6.07) is 0. The van der Waals surface area contributed by atoms with Gasteiger partial charge in [-0.2, -0.15) is 0 Å². The van der Waals surface area contributed by atoms with Gasteiger partial charge in [0.2, 0.25) is 0 Å². The average molecular weight is 986 g/mol. The minimum absolute atomic E-state index is 0.0353. The standard InChI is InChI=1S/C48H75NO20/c1-20-41(66-36-16-30(53)43(44(49)68-36)67-37-17-31(63-22(3)51)42(21(2)62-37)69-45-40(58)39(57)38(56)32(18-50)65-45)29(52)15-35(61-20)64-25-8-10-46(4)24(13-25)6-7-27-28(46)14-33(54)47(5)26(9-11-48(27,47)59)23-12-34(55)60-19-23/h12,20-21,24-33,35-45,50,52-54,56-59H,6-11,13-19,49H2,1-5H3/t20-,21-,24-,25+,26-,27-,28+,29+,30+,31+,32-,33-,35-,36-,37+,38-,39+,40-,41-,42-,43+,44+,45+,46+,47+,48+/m1/s1. The fourth-order valence-corrected chi connectivity index (χ4v) is 14.4. The monoisotopic (exact) mass is 985 g/mol. The molecule has 0 unspecified atom stereocenters. The van der Waals surface area contributed by atoms with Gasteiger partial charge in [-0.1, -0.05) is 13.8 Å². The predicted molar refractivity (Wildman–Crippen MR) is 233 cm³/mol. The highest BCUT2D eigenvalue weighted by Gasteiger charge is 2.71. The summed E-state index contributed by atoms with van der Waals surface area (Å²) in [6.45, 7) is 8.47. The van der Waals surface area contributed by atoms with Crippen LogP contribution >= 0.6 is 0 Å². The normalized spacial score (nSPS) is 53.3. The zero-order valence-corrected chi connectivity index (χ0v) is 40.1. The van der Waals surface area contributed by atoms with Crippen molar-refractivity contribution in [2.75, 3.05) is 13.2 Å². The van der Waals surface area contributed by atoms with Crippen molar-refractivity contribution in [3.63, 3.8) is 0 Å².